The van der Waals surface area contributed by atoms with E-state index in [9.17, 15) is 0 Å². The van der Waals surface area contributed by atoms with Gasteiger partial charge in [0.2, 0.25) is 0 Å². The van der Waals surface area contributed by atoms with Crippen molar-refractivity contribution in [2.24, 2.45) is 5.73 Å². The molecule has 0 aromatic carbocycles. The van der Waals surface area contributed by atoms with Crippen molar-refractivity contribution in [2.75, 3.05) is 0 Å². The van der Waals surface area contributed by atoms with Crippen molar-refractivity contribution >= 4 is 0 Å². The zero-order chi connectivity index (χ0) is 10.1. The lowest BCUT2D eigenvalue weighted by Gasteiger charge is -2.28. The molecule has 14 heavy (non-hydrogen) atoms. The van der Waals surface area contributed by atoms with E-state index >= 15 is 0 Å². The van der Waals surface area contributed by atoms with E-state index in [1.54, 1.807) is 0 Å². The van der Waals surface area contributed by atoms with E-state index in [-0.39, 0.29) is 0 Å². The van der Waals surface area contributed by atoms with Crippen LogP contribution in [0.1, 0.15) is 56.3 Å². The smallest absolute Gasteiger partial charge is 0.0537 e. The van der Waals surface area contributed by atoms with E-state index in [0.29, 0.717) is 12.6 Å². The van der Waals surface area contributed by atoms with Gasteiger partial charge in [0.25, 0.3) is 0 Å². The molecule has 2 N–H and O–H groups in total. The fourth-order valence-electron chi connectivity index (χ4n) is 2.11. The molecule has 1 aliphatic carbocycles. The van der Waals surface area contributed by atoms with Gasteiger partial charge in [-0.3, -0.25) is 4.68 Å². The monoisotopic (exact) mass is 193 g/mol. The maximum atomic E-state index is 5.73. The van der Waals surface area contributed by atoms with Crippen LogP contribution in [-0.4, -0.2) is 9.78 Å². The molecule has 2 rings (SSSR count). The maximum absolute atomic E-state index is 5.73. The Bertz CT molecular complexity index is 310. The second-order valence-corrected chi connectivity index (χ2v) is 4.43. The zero-order valence-corrected chi connectivity index (χ0v) is 9.03. The van der Waals surface area contributed by atoms with Crippen LogP contribution in [-0.2, 0) is 6.54 Å². The summed E-state index contributed by atoms with van der Waals surface area (Å²) in [6, 6.07) is 0.450. The zero-order valence-electron chi connectivity index (χ0n) is 9.03. The summed E-state index contributed by atoms with van der Waals surface area (Å²) in [5.41, 5.74) is 8.36. The summed E-state index contributed by atoms with van der Waals surface area (Å²) in [5, 5.41) is 4.43. The van der Waals surface area contributed by atoms with Gasteiger partial charge in [-0.15, -0.1) is 0 Å². The minimum Gasteiger partial charge on any atom is -0.326 e. The molecule has 0 radical (unpaired) electrons. The van der Waals surface area contributed by atoms with Crippen molar-refractivity contribution in [3.8, 4) is 0 Å². The molecule has 0 bridgehead atoms. The van der Waals surface area contributed by atoms with Crippen molar-refractivity contribution in [1.29, 1.82) is 0 Å². The highest BCUT2D eigenvalue weighted by molar-refractivity contribution is 5.24. The van der Waals surface area contributed by atoms with Gasteiger partial charge < -0.3 is 5.73 Å². The highest BCUT2D eigenvalue weighted by atomic mass is 15.3. The minimum absolute atomic E-state index is 0.450. The van der Waals surface area contributed by atoms with Crippen LogP contribution in [0.3, 0.4) is 0 Å². The largest absolute Gasteiger partial charge is 0.326 e. The molecule has 1 saturated carbocycles. The first-order valence-electron chi connectivity index (χ1n) is 5.50. The Kier molecular flexibility index (Phi) is 2.59. The molecule has 1 heterocycles. The maximum Gasteiger partial charge on any atom is 0.0537 e. The molecular weight excluding hydrogens is 174 g/mol. The summed E-state index contributed by atoms with van der Waals surface area (Å²) in [5.74, 6) is 0.721. The molecule has 1 aromatic rings. The molecule has 0 amide bonds. The molecule has 1 aliphatic rings. The standard InChI is InChI=1S/C11H19N3/c1-8(2)14-11(9-4-3-5-9)10(6-12)7-13-14/h7-9H,3-6,12H2,1-2H3. The highest BCUT2D eigenvalue weighted by Crippen LogP contribution is 2.38. The van der Waals surface area contributed by atoms with Gasteiger partial charge in [-0.2, -0.15) is 5.10 Å². The van der Waals surface area contributed by atoms with Crippen LogP contribution in [0.4, 0.5) is 0 Å². The molecule has 3 heteroatoms. The Labute approximate surface area is 85.3 Å². The SMILES string of the molecule is CC(C)n1ncc(CN)c1C1CCC1. The fraction of sp³-hybridized carbons (Fsp3) is 0.727. The third-order valence-corrected chi connectivity index (χ3v) is 3.11. The van der Waals surface area contributed by atoms with Gasteiger partial charge in [-0.1, -0.05) is 6.42 Å². The van der Waals surface area contributed by atoms with E-state index < -0.39 is 0 Å². The van der Waals surface area contributed by atoms with Crippen LogP contribution in [0.15, 0.2) is 6.20 Å². The van der Waals surface area contributed by atoms with Crippen LogP contribution in [0.25, 0.3) is 0 Å². The van der Waals surface area contributed by atoms with E-state index in [0.717, 1.165) is 5.92 Å². The summed E-state index contributed by atoms with van der Waals surface area (Å²) in [4.78, 5) is 0. The molecule has 0 unspecified atom stereocenters. The predicted octanol–water partition coefficient (Wildman–Crippen LogP) is 2.19. The van der Waals surface area contributed by atoms with Gasteiger partial charge in [0.05, 0.1) is 6.20 Å². The van der Waals surface area contributed by atoms with E-state index in [1.165, 1.54) is 30.5 Å². The van der Waals surface area contributed by atoms with Crippen LogP contribution < -0.4 is 5.73 Å². The molecule has 0 atom stereocenters. The highest BCUT2D eigenvalue weighted by Gasteiger charge is 2.26. The lowest BCUT2D eigenvalue weighted by Crippen LogP contribution is -2.18. The van der Waals surface area contributed by atoms with Crippen molar-refractivity contribution in [1.82, 2.24) is 9.78 Å². The number of nitrogens with zero attached hydrogens (tertiary/aromatic N) is 2. The Balaban J connectivity index is 2.35. The molecule has 1 aromatic heterocycles. The van der Waals surface area contributed by atoms with Gasteiger partial charge in [-0.05, 0) is 26.7 Å². The topological polar surface area (TPSA) is 43.8 Å². The van der Waals surface area contributed by atoms with Gasteiger partial charge in [0.1, 0.15) is 0 Å². The van der Waals surface area contributed by atoms with Crippen molar-refractivity contribution in [3.63, 3.8) is 0 Å². The fourth-order valence-corrected chi connectivity index (χ4v) is 2.11. The number of hydrogen-bond acceptors (Lipinski definition) is 2. The van der Waals surface area contributed by atoms with E-state index in [2.05, 4.69) is 23.6 Å². The first-order chi connectivity index (χ1) is 6.74. The van der Waals surface area contributed by atoms with Gasteiger partial charge in [-0.25, -0.2) is 0 Å². The molecular formula is C11H19N3. The summed E-state index contributed by atoms with van der Waals surface area (Å²) in [6.07, 6.45) is 5.92. The number of rotatable bonds is 3. The summed E-state index contributed by atoms with van der Waals surface area (Å²) in [6.45, 7) is 4.98. The Morgan fingerprint density at radius 1 is 1.57 bits per heavy atom. The van der Waals surface area contributed by atoms with Crippen molar-refractivity contribution < 1.29 is 0 Å². The van der Waals surface area contributed by atoms with Crippen molar-refractivity contribution in [3.05, 3.63) is 17.5 Å². The predicted molar refractivity (Wildman–Crippen MR) is 57.1 cm³/mol. The molecule has 78 valence electrons. The Morgan fingerprint density at radius 3 is 2.71 bits per heavy atom. The molecule has 1 fully saturated rings. The van der Waals surface area contributed by atoms with Gasteiger partial charge in [0, 0.05) is 29.8 Å². The number of nitrogens with two attached hydrogens (primary N) is 1. The summed E-state index contributed by atoms with van der Waals surface area (Å²) in [7, 11) is 0. The lowest BCUT2D eigenvalue weighted by atomic mass is 9.81. The van der Waals surface area contributed by atoms with Crippen LogP contribution in [0.5, 0.6) is 0 Å². The second kappa shape index (κ2) is 3.73. The average Bonchev–Trinajstić information content (AvgIpc) is 2.45. The molecule has 0 saturated heterocycles. The third-order valence-electron chi connectivity index (χ3n) is 3.11. The van der Waals surface area contributed by atoms with Gasteiger partial charge in [0.15, 0.2) is 0 Å². The number of aromatic nitrogens is 2. The second-order valence-electron chi connectivity index (χ2n) is 4.43. The van der Waals surface area contributed by atoms with Crippen molar-refractivity contribution in [2.45, 2.75) is 51.6 Å². The first kappa shape index (κ1) is 9.71. The van der Waals surface area contributed by atoms with Crippen LogP contribution in [0, 0.1) is 0 Å². The number of hydrogen-bond donors (Lipinski definition) is 1. The average molecular weight is 193 g/mol. The first-order valence-corrected chi connectivity index (χ1v) is 5.50. The Hall–Kier alpha value is -0.830. The van der Waals surface area contributed by atoms with Gasteiger partial charge >= 0.3 is 0 Å². The van der Waals surface area contributed by atoms with E-state index in [4.69, 9.17) is 5.73 Å². The summed E-state index contributed by atoms with van der Waals surface area (Å²) >= 11 is 0. The van der Waals surface area contributed by atoms with Crippen LogP contribution in [0.2, 0.25) is 0 Å². The normalized spacial score (nSPS) is 17.4. The Morgan fingerprint density at radius 2 is 2.29 bits per heavy atom. The lowest BCUT2D eigenvalue weighted by molar-refractivity contribution is 0.373. The minimum atomic E-state index is 0.450. The molecule has 3 nitrogen and oxygen atoms in total. The summed E-state index contributed by atoms with van der Waals surface area (Å²) < 4.78 is 2.14. The molecule has 0 aliphatic heterocycles. The quantitative estimate of drug-likeness (QED) is 0.799. The molecule has 0 spiro atoms. The third kappa shape index (κ3) is 1.46. The van der Waals surface area contributed by atoms with Crippen LogP contribution >= 0.6 is 0 Å². The van der Waals surface area contributed by atoms with E-state index in [1.807, 2.05) is 6.20 Å².